The number of carbonyl (C=O) groups is 1. The number of nitro groups is 1. The molecule has 0 aliphatic heterocycles. The lowest BCUT2D eigenvalue weighted by atomic mass is 10.1. The molecule has 4 rings (SSSR count). The number of aryl methyl sites for hydroxylation is 1. The Labute approximate surface area is 225 Å². The van der Waals surface area contributed by atoms with Crippen LogP contribution in [0.15, 0.2) is 113 Å². The van der Waals surface area contributed by atoms with E-state index < -0.39 is 27.4 Å². The Morgan fingerprint density at radius 3 is 2.26 bits per heavy atom. The molecule has 10 heteroatoms. The van der Waals surface area contributed by atoms with Crippen LogP contribution in [0, 0.1) is 17.0 Å². The molecule has 0 fully saturated rings. The summed E-state index contributed by atoms with van der Waals surface area (Å²) < 4.78 is 27.8. The van der Waals surface area contributed by atoms with E-state index >= 15 is 0 Å². The van der Waals surface area contributed by atoms with Crippen LogP contribution in [0.4, 0.5) is 17.1 Å². The Hall–Kier alpha value is -4.15. The number of carbonyl (C=O) groups excluding carboxylic acids is 1. The molecule has 0 aliphatic carbocycles. The summed E-state index contributed by atoms with van der Waals surface area (Å²) in [6.45, 7) is 1.30. The van der Waals surface area contributed by atoms with Crippen LogP contribution in [0.5, 0.6) is 0 Å². The number of anilines is 2. The van der Waals surface area contributed by atoms with Gasteiger partial charge >= 0.3 is 0 Å². The highest BCUT2D eigenvalue weighted by Gasteiger charge is 2.28. The van der Waals surface area contributed by atoms with E-state index in [4.69, 9.17) is 0 Å². The predicted molar refractivity (Wildman–Crippen MR) is 150 cm³/mol. The molecule has 0 saturated carbocycles. The molecule has 4 aromatic carbocycles. The summed E-state index contributed by atoms with van der Waals surface area (Å²) in [5.41, 5.74) is 2.20. The number of hydrogen-bond donors (Lipinski definition) is 1. The molecule has 0 saturated heterocycles. The maximum absolute atomic E-state index is 13.5. The second-order valence-corrected chi connectivity index (χ2v) is 11.3. The Balaban J connectivity index is 1.54. The van der Waals surface area contributed by atoms with Gasteiger partial charge in [0.05, 0.1) is 15.5 Å². The maximum atomic E-state index is 13.5. The van der Waals surface area contributed by atoms with Crippen molar-refractivity contribution in [3.05, 3.63) is 124 Å². The molecule has 0 bridgehead atoms. The highest BCUT2D eigenvalue weighted by atomic mass is 32.2. The zero-order valence-corrected chi connectivity index (χ0v) is 22.1. The molecule has 0 aromatic heterocycles. The van der Waals surface area contributed by atoms with E-state index in [9.17, 15) is 23.3 Å². The fourth-order valence-corrected chi connectivity index (χ4v) is 6.05. The summed E-state index contributed by atoms with van der Waals surface area (Å²) >= 11 is 1.70. The number of hydrogen-bond acceptors (Lipinski definition) is 6. The van der Waals surface area contributed by atoms with E-state index in [1.807, 2.05) is 49.4 Å². The molecule has 0 unspecified atom stereocenters. The van der Waals surface area contributed by atoms with E-state index in [1.165, 1.54) is 30.3 Å². The summed E-state index contributed by atoms with van der Waals surface area (Å²) in [6.07, 6.45) is 0. The molecule has 194 valence electrons. The van der Waals surface area contributed by atoms with Gasteiger partial charge < -0.3 is 5.32 Å². The van der Waals surface area contributed by atoms with E-state index in [0.29, 0.717) is 5.69 Å². The first-order valence-electron chi connectivity index (χ1n) is 11.6. The van der Waals surface area contributed by atoms with Gasteiger partial charge in [0.15, 0.2) is 0 Å². The van der Waals surface area contributed by atoms with Gasteiger partial charge in [-0.3, -0.25) is 19.2 Å². The van der Waals surface area contributed by atoms with E-state index in [0.717, 1.165) is 32.1 Å². The first-order valence-corrected chi connectivity index (χ1v) is 14.1. The molecule has 1 amide bonds. The summed E-state index contributed by atoms with van der Waals surface area (Å²) in [7, 11) is -4.19. The fourth-order valence-electron chi connectivity index (χ4n) is 3.76. The second-order valence-electron chi connectivity index (χ2n) is 8.40. The lowest BCUT2D eigenvalue weighted by molar-refractivity contribution is -0.384. The van der Waals surface area contributed by atoms with Crippen molar-refractivity contribution < 1.29 is 18.1 Å². The summed E-state index contributed by atoms with van der Waals surface area (Å²) in [5.74, 6) is 0.181. The monoisotopic (exact) mass is 547 g/mol. The topological polar surface area (TPSA) is 110 Å². The number of rotatable bonds is 10. The third-order valence-corrected chi connectivity index (χ3v) is 8.53. The van der Waals surface area contributed by atoms with Crippen molar-refractivity contribution in [2.75, 3.05) is 16.2 Å². The lowest BCUT2D eigenvalue weighted by Gasteiger charge is -2.24. The van der Waals surface area contributed by atoms with Gasteiger partial charge in [-0.25, -0.2) is 8.42 Å². The van der Waals surface area contributed by atoms with Crippen molar-refractivity contribution in [2.45, 2.75) is 22.5 Å². The van der Waals surface area contributed by atoms with Gasteiger partial charge in [-0.2, -0.15) is 0 Å². The third-order valence-electron chi connectivity index (χ3n) is 5.66. The third kappa shape index (κ3) is 6.58. The van der Waals surface area contributed by atoms with E-state index in [2.05, 4.69) is 5.32 Å². The molecule has 0 heterocycles. The van der Waals surface area contributed by atoms with Crippen LogP contribution in [0.2, 0.25) is 0 Å². The number of nitrogens with zero attached hydrogens (tertiary/aromatic N) is 2. The van der Waals surface area contributed by atoms with Crippen LogP contribution in [-0.2, 0) is 20.6 Å². The zero-order chi connectivity index (χ0) is 27.1. The Bertz CT molecular complexity index is 1550. The number of sulfonamides is 1. The summed E-state index contributed by atoms with van der Waals surface area (Å²) in [5, 5.41) is 14.1. The Morgan fingerprint density at radius 1 is 0.921 bits per heavy atom. The molecule has 0 spiro atoms. The SMILES string of the molecule is Cc1cc(CSc2ccccc2)ccc1NC(=O)CN(c1cccc([N+](=O)[O-])c1)S(=O)(=O)c1ccccc1. The highest BCUT2D eigenvalue weighted by molar-refractivity contribution is 7.98. The summed E-state index contributed by atoms with van der Waals surface area (Å²) in [4.78, 5) is 24.9. The largest absolute Gasteiger partial charge is 0.324 e. The molecular formula is C28H25N3O5S2. The molecule has 1 N–H and O–H groups in total. The first-order chi connectivity index (χ1) is 18.2. The van der Waals surface area contributed by atoms with Crippen molar-refractivity contribution in [3.8, 4) is 0 Å². The average molecular weight is 548 g/mol. The minimum atomic E-state index is -4.19. The first kappa shape index (κ1) is 26.9. The van der Waals surface area contributed by atoms with Gasteiger partial charge in [-0.05, 0) is 54.4 Å². The van der Waals surface area contributed by atoms with Crippen LogP contribution in [0.1, 0.15) is 11.1 Å². The highest BCUT2D eigenvalue weighted by Crippen LogP contribution is 2.28. The van der Waals surface area contributed by atoms with Crippen molar-refractivity contribution in [1.82, 2.24) is 0 Å². The van der Waals surface area contributed by atoms with Crippen LogP contribution in [0.25, 0.3) is 0 Å². The normalized spacial score (nSPS) is 11.1. The van der Waals surface area contributed by atoms with Crippen molar-refractivity contribution in [1.29, 1.82) is 0 Å². The van der Waals surface area contributed by atoms with Gasteiger partial charge in [0.25, 0.3) is 15.7 Å². The number of thioether (sulfide) groups is 1. The van der Waals surface area contributed by atoms with Crippen LogP contribution in [-0.4, -0.2) is 25.8 Å². The molecule has 0 aliphatic rings. The maximum Gasteiger partial charge on any atom is 0.271 e. The van der Waals surface area contributed by atoms with Gasteiger partial charge in [-0.1, -0.05) is 54.6 Å². The van der Waals surface area contributed by atoms with E-state index in [-0.39, 0.29) is 16.3 Å². The Morgan fingerprint density at radius 2 is 1.61 bits per heavy atom. The predicted octanol–water partition coefficient (Wildman–Crippen LogP) is 6.03. The Kier molecular flexibility index (Phi) is 8.45. The number of non-ortho nitro benzene ring substituents is 1. The molecule has 4 aromatic rings. The fraction of sp³-hybridized carbons (Fsp3) is 0.107. The minimum absolute atomic E-state index is 0.0169. The zero-order valence-electron chi connectivity index (χ0n) is 20.5. The van der Waals surface area contributed by atoms with Gasteiger partial charge in [0.2, 0.25) is 5.91 Å². The standard InChI is InChI=1S/C28H25N3O5S2/c1-21-17-22(20-37-25-11-4-2-5-12-25)15-16-27(21)29-28(32)19-30(23-9-8-10-24(18-23)31(33)34)38(35,36)26-13-6-3-7-14-26/h2-18H,19-20H2,1H3,(H,29,32). The number of nitro benzene ring substituents is 1. The number of amides is 1. The molecule has 38 heavy (non-hydrogen) atoms. The van der Waals surface area contributed by atoms with Crippen molar-refractivity contribution in [2.24, 2.45) is 0 Å². The van der Waals surface area contributed by atoms with Gasteiger partial charge in [-0.15, -0.1) is 11.8 Å². The smallest absolute Gasteiger partial charge is 0.271 e. The summed E-state index contributed by atoms with van der Waals surface area (Å²) in [6, 6.07) is 28.6. The minimum Gasteiger partial charge on any atom is -0.324 e. The van der Waals surface area contributed by atoms with Crippen molar-refractivity contribution >= 4 is 44.8 Å². The van der Waals surface area contributed by atoms with Crippen LogP contribution < -0.4 is 9.62 Å². The van der Waals surface area contributed by atoms with Crippen LogP contribution >= 0.6 is 11.8 Å². The molecule has 0 radical (unpaired) electrons. The molecular weight excluding hydrogens is 522 g/mol. The van der Waals surface area contributed by atoms with Crippen molar-refractivity contribution in [3.63, 3.8) is 0 Å². The molecule has 0 atom stereocenters. The van der Waals surface area contributed by atoms with Gasteiger partial charge in [0, 0.05) is 28.5 Å². The number of benzene rings is 4. The molecule has 8 nitrogen and oxygen atoms in total. The second kappa shape index (κ2) is 11.9. The quantitative estimate of drug-likeness (QED) is 0.147. The average Bonchev–Trinajstić information content (AvgIpc) is 2.93. The van der Waals surface area contributed by atoms with Crippen LogP contribution in [0.3, 0.4) is 0 Å². The van der Waals surface area contributed by atoms with E-state index in [1.54, 1.807) is 36.0 Å². The lowest BCUT2D eigenvalue weighted by Crippen LogP contribution is -2.38. The van der Waals surface area contributed by atoms with Gasteiger partial charge in [0.1, 0.15) is 6.54 Å². The number of nitrogens with one attached hydrogen (secondary N) is 1.